The van der Waals surface area contributed by atoms with Crippen LogP contribution < -0.4 is 0 Å². The van der Waals surface area contributed by atoms with Crippen LogP contribution in [0.5, 0.6) is 0 Å². The summed E-state index contributed by atoms with van der Waals surface area (Å²) in [7, 11) is 2.64. The molecule has 0 spiro atoms. The van der Waals surface area contributed by atoms with Gasteiger partial charge in [-0.3, -0.25) is 4.67 Å². The molecule has 0 aromatic heterocycles. The first kappa shape index (κ1) is 10.1. The molecule has 0 aromatic carbocycles. The average Bonchev–Trinajstić information content (AvgIpc) is 2.08. The number of carbonyl (C=O) groups excluding carboxylic acids is 1. The Labute approximate surface area is 75.4 Å². The highest BCUT2D eigenvalue weighted by Gasteiger charge is 2.30. The topological polar surface area (TPSA) is 40.5 Å². The lowest BCUT2D eigenvalue weighted by Crippen LogP contribution is -2.40. The summed E-state index contributed by atoms with van der Waals surface area (Å²) in [5, 5.41) is 9.93. The van der Waals surface area contributed by atoms with E-state index in [4.69, 9.17) is 0 Å². The van der Waals surface area contributed by atoms with Crippen LogP contribution in [0.2, 0.25) is 0 Å². The van der Waals surface area contributed by atoms with E-state index in [1.807, 2.05) is 0 Å². The molecule has 1 atom stereocenters. The maximum atomic E-state index is 10.1. The highest BCUT2D eigenvalue weighted by molar-refractivity contribution is 7.13. The molecule has 12 heavy (non-hydrogen) atoms. The molecule has 1 N–H and O–H groups in total. The fraction of sp³-hybridized carbons (Fsp3) is 0.875. The SMILES string of the molecule is O=CCCC1(O)CCN(P)CC1. The number of hydrogen-bond donors (Lipinski definition) is 1. The van der Waals surface area contributed by atoms with Gasteiger partial charge >= 0.3 is 0 Å². The summed E-state index contributed by atoms with van der Waals surface area (Å²) in [5.41, 5.74) is -0.575. The molecule has 1 aliphatic rings. The van der Waals surface area contributed by atoms with E-state index < -0.39 is 5.60 Å². The van der Waals surface area contributed by atoms with Crippen molar-refractivity contribution in [2.24, 2.45) is 0 Å². The number of nitrogens with zero attached hydrogens (tertiary/aromatic N) is 1. The number of hydrogen-bond acceptors (Lipinski definition) is 3. The van der Waals surface area contributed by atoms with Crippen molar-refractivity contribution >= 4 is 15.7 Å². The molecular weight excluding hydrogens is 173 g/mol. The van der Waals surface area contributed by atoms with Gasteiger partial charge in [-0.25, -0.2) is 0 Å². The van der Waals surface area contributed by atoms with Gasteiger partial charge < -0.3 is 9.90 Å². The van der Waals surface area contributed by atoms with Gasteiger partial charge in [0.1, 0.15) is 6.29 Å². The Bertz CT molecular complexity index is 155. The van der Waals surface area contributed by atoms with Gasteiger partial charge in [0, 0.05) is 19.5 Å². The van der Waals surface area contributed by atoms with Crippen LogP contribution in [0, 0.1) is 0 Å². The van der Waals surface area contributed by atoms with E-state index in [-0.39, 0.29) is 0 Å². The number of rotatable bonds is 3. The fourth-order valence-corrected chi connectivity index (χ4v) is 1.78. The van der Waals surface area contributed by atoms with Crippen LogP contribution in [-0.4, -0.2) is 34.8 Å². The molecule has 0 saturated carbocycles. The molecule has 0 aliphatic carbocycles. The zero-order valence-corrected chi connectivity index (χ0v) is 8.35. The maximum Gasteiger partial charge on any atom is 0.120 e. The van der Waals surface area contributed by atoms with Crippen LogP contribution in [0.3, 0.4) is 0 Å². The zero-order chi connectivity index (χ0) is 9.03. The monoisotopic (exact) mass is 189 g/mol. The summed E-state index contributed by atoms with van der Waals surface area (Å²) in [5.74, 6) is 0. The quantitative estimate of drug-likeness (QED) is 0.521. The highest BCUT2D eigenvalue weighted by atomic mass is 31.0. The third-order valence-electron chi connectivity index (χ3n) is 2.46. The second-order valence-corrected chi connectivity index (χ2v) is 4.20. The van der Waals surface area contributed by atoms with Gasteiger partial charge in [0.05, 0.1) is 5.60 Å². The van der Waals surface area contributed by atoms with Gasteiger partial charge in [-0.1, -0.05) is 9.39 Å². The van der Waals surface area contributed by atoms with Gasteiger partial charge in [0.2, 0.25) is 0 Å². The van der Waals surface area contributed by atoms with Crippen LogP contribution >= 0.6 is 9.39 Å². The van der Waals surface area contributed by atoms with Gasteiger partial charge in [-0.2, -0.15) is 0 Å². The molecule has 4 heteroatoms. The van der Waals surface area contributed by atoms with Crippen molar-refractivity contribution in [2.75, 3.05) is 13.1 Å². The molecule has 0 aromatic rings. The van der Waals surface area contributed by atoms with Gasteiger partial charge in [-0.15, -0.1) is 0 Å². The molecule has 1 rings (SSSR count). The predicted molar refractivity (Wildman–Crippen MR) is 50.8 cm³/mol. The minimum atomic E-state index is -0.575. The van der Waals surface area contributed by atoms with Crippen molar-refractivity contribution in [2.45, 2.75) is 31.3 Å². The summed E-state index contributed by atoms with van der Waals surface area (Å²) in [6.07, 6.45) is 3.54. The minimum absolute atomic E-state index is 0.480. The van der Waals surface area contributed by atoms with E-state index in [0.29, 0.717) is 12.8 Å². The first-order chi connectivity index (χ1) is 5.66. The van der Waals surface area contributed by atoms with Crippen molar-refractivity contribution in [1.29, 1.82) is 0 Å². The van der Waals surface area contributed by atoms with Gasteiger partial charge in [0.25, 0.3) is 0 Å². The Hall–Kier alpha value is 0.0200. The molecule has 1 heterocycles. The summed E-state index contributed by atoms with van der Waals surface area (Å²) >= 11 is 0. The highest BCUT2D eigenvalue weighted by Crippen LogP contribution is 2.27. The summed E-state index contributed by atoms with van der Waals surface area (Å²) in [6, 6.07) is 0. The lowest BCUT2D eigenvalue weighted by Gasteiger charge is -2.36. The molecular formula is C8H16NO2P. The Balaban J connectivity index is 2.33. The van der Waals surface area contributed by atoms with Gasteiger partial charge in [0.15, 0.2) is 0 Å². The Morgan fingerprint density at radius 1 is 1.50 bits per heavy atom. The van der Waals surface area contributed by atoms with E-state index in [1.165, 1.54) is 0 Å². The first-order valence-corrected chi connectivity index (χ1v) is 4.84. The second kappa shape index (κ2) is 4.31. The standard InChI is InChI=1S/C8H16NO2P/c10-7-1-2-8(11)3-5-9(12)6-4-8/h7,11H,1-6,12H2. The van der Waals surface area contributed by atoms with E-state index in [2.05, 4.69) is 14.1 Å². The van der Waals surface area contributed by atoms with E-state index in [0.717, 1.165) is 32.2 Å². The van der Waals surface area contributed by atoms with Gasteiger partial charge in [-0.05, 0) is 19.3 Å². The molecule has 1 unspecified atom stereocenters. The molecule has 0 amide bonds. The van der Waals surface area contributed by atoms with E-state index >= 15 is 0 Å². The van der Waals surface area contributed by atoms with E-state index in [9.17, 15) is 9.90 Å². The molecule has 1 saturated heterocycles. The molecule has 0 bridgehead atoms. The number of aldehydes is 1. The van der Waals surface area contributed by atoms with E-state index in [1.54, 1.807) is 0 Å². The van der Waals surface area contributed by atoms with Crippen molar-refractivity contribution in [3.05, 3.63) is 0 Å². The largest absolute Gasteiger partial charge is 0.390 e. The van der Waals surface area contributed by atoms with Crippen LogP contribution in [0.25, 0.3) is 0 Å². The first-order valence-electron chi connectivity index (χ1n) is 4.32. The molecule has 1 aliphatic heterocycles. The molecule has 70 valence electrons. The van der Waals surface area contributed by atoms with Crippen molar-refractivity contribution < 1.29 is 9.90 Å². The summed E-state index contributed by atoms with van der Waals surface area (Å²) in [4.78, 5) is 10.1. The van der Waals surface area contributed by atoms with Crippen LogP contribution in [0.1, 0.15) is 25.7 Å². The number of piperidine rings is 1. The van der Waals surface area contributed by atoms with Crippen molar-refractivity contribution in [3.63, 3.8) is 0 Å². The maximum absolute atomic E-state index is 10.1. The third kappa shape index (κ3) is 2.81. The predicted octanol–water partition coefficient (Wildman–Crippen LogP) is 0.582. The summed E-state index contributed by atoms with van der Waals surface area (Å²) in [6.45, 7) is 1.81. The fourth-order valence-electron chi connectivity index (χ4n) is 1.52. The van der Waals surface area contributed by atoms with Crippen LogP contribution in [0.15, 0.2) is 0 Å². The number of carbonyl (C=O) groups is 1. The Morgan fingerprint density at radius 3 is 2.58 bits per heavy atom. The van der Waals surface area contributed by atoms with Crippen molar-refractivity contribution in [1.82, 2.24) is 4.67 Å². The minimum Gasteiger partial charge on any atom is -0.390 e. The smallest absolute Gasteiger partial charge is 0.120 e. The van der Waals surface area contributed by atoms with Crippen LogP contribution in [0.4, 0.5) is 0 Å². The molecule has 1 fully saturated rings. The van der Waals surface area contributed by atoms with Crippen LogP contribution in [-0.2, 0) is 4.79 Å². The summed E-state index contributed by atoms with van der Waals surface area (Å²) < 4.78 is 2.12. The lowest BCUT2D eigenvalue weighted by molar-refractivity contribution is -0.109. The Kier molecular flexibility index (Phi) is 3.63. The Morgan fingerprint density at radius 2 is 2.08 bits per heavy atom. The normalized spacial score (nSPS) is 23.8. The average molecular weight is 189 g/mol. The molecule has 0 radical (unpaired) electrons. The zero-order valence-electron chi connectivity index (χ0n) is 7.20. The second-order valence-electron chi connectivity index (χ2n) is 3.47. The lowest BCUT2D eigenvalue weighted by atomic mass is 9.88. The third-order valence-corrected chi connectivity index (χ3v) is 2.97. The van der Waals surface area contributed by atoms with Crippen molar-refractivity contribution in [3.8, 4) is 0 Å². The number of aliphatic hydroxyl groups is 1. The molecule has 3 nitrogen and oxygen atoms in total.